The van der Waals surface area contributed by atoms with Crippen LogP contribution in [0, 0.1) is 13.8 Å². The number of pyridine rings is 2. The van der Waals surface area contributed by atoms with Gasteiger partial charge in [0.15, 0.2) is 5.82 Å². The lowest BCUT2D eigenvalue weighted by Gasteiger charge is -2.29. The molecule has 7 heteroatoms. The third kappa shape index (κ3) is 3.51. The molecule has 1 aromatic carbocycles. The molecule has 3 heterocycles. The van der Waals surface area contributed by atoms with E-state index in [2.05, 4.69) is 20.5 Å². The molecule has 5 rings (SSSR count). The average molecular weight is 415 g/mol. The van der Waals surface area contributed by atoms with Gasteiger partial charge >= 0.3 is 0 Å². The fraction of sp³-hybridized carbons (Fsp3) is 0.292. The number of hydrogen-bond donors (Lipinski definition) is 3. The lowest BCUT2D eigenvalue weighted by atomic mass is 9.80. The van der Waals surface area contributed by atoms with E-state index in [4.69, 9.17) is 0 Å². The molecule has 0 unspecified atom stereocenters. The number of aliphatic hydroxyl groups excluding tert-OH is 1. The highest BCUT2D eigenvalue weighted by atomic mass is 16.3. The molecule has 0 amide bonds. The van der Waals surface area contributed by atoms with Crippen LogP contribution in [0.1, 0.15) is 35.7 Å². The lowest BCUT2D eigenvalue weighted by molar-refractivity contribution is 0.0732. The number of nitrogens with one attached hydrogen (secondary N) is 2. The maximum absolute atomic E-state index is 13.1. The fourth-order valence-electron chi connectivity index (χ4n) is 4.25. The van der Waals surface area contributed by atoms with Gasteiger partial charge in [-0.1, -0.05) is 6.07 Å². The quantitative estimate of drug-likeness (QED) is 0.469. The van der Waals surface area contributed by atoms with Crippen LogP contribution >= 0.6 is 0 Å². The second-order valence-corrected chi connectivity index (χ2v) is 8.49. The Labute approximate surface area is 179 Å². The van der Waals surface area contributed by atoms with Crippen LogP contribution in [0.2, 0.25) is 0 Å². The number of anilines is 2. The number of benzene rings is 1. The van der Waals surface area contributed by atoms with Gasteiger partial charge in [0, 0.05) is 53.3 Å². The Morgan fingerprint density at radius 1 is 1.13 bits per heavy atom. The van der Waals surface area contributed by atoms with Gasteiger partial charge in [0.25, 0.3) is 5.56 Å². The topological polar surface area (TPSA) is 95.8 Å². The Balaban J connectivity index is 1.50. The first-order valence-electron chi connectivity index (χ1n) is 10.5. The molecular weight excluding hydrogens is 390 g/mol. The van der Waals surface area contributed by atoms with Gasteiger partial charge in [0.1, 0.15) is 0 Å². The zero-order chi connectivity index (χ0) is 21.7. The molecule has 31 heavy (non-hydrogen) atoms. The molecule has 7 nitrogen and oxygen atoms in total. The standard InChI is InChI=1S/C24H25N5O2/c1-13-4-5-17(26-23-11-21(27-28-23)15-7-18(30)8-15)10-19(13)20-9-16-12-25-14(2)6-22(16)29(3)24(20)31/h4-6,9-12,15,18,30H,7-8H2,1-3H3,(H2,26,27,28). The largest absolute Gasteiger partial charge is 0.393 e. The Bertz CT molecular complexity index is 1350. The van der Waals surface area contributed by atoms with Crippen molar-refractivity contribution in [2.24, 2.45) is 7.05 Å². The zero-order valence-corrected chi connectivity index (χ0v) is 17.8. The number of fused-ring (bicyclic) bond motifs is 1. The molecule has 0 aliphatic heterocycles. The Kier molecular flexibility index (Phi) is 4.63. The summed E-state index contributed by atoms with van der Waals surface area (Å²) in [7, 11) is 1.80. The van der Waals surface area contributed by atoms with Crippen molar-refractivity contribution in [2.75, 3.05) is 5.32 Å². The number of nitrogens with zero attached hydrogens (tertiary/aromatic N) is 3. The first kappa shape index (κ1) is 19.5. The highest BCUT2D eigenvalue weighted by Crippen LogP contribution is 2.36. The first-order valence-corrected chi connectivity index (χ1v) is 10.5. The van der Waals surface area contributed by atoms with E-state index < -0.39 is 0 Å². The SMILES string of the molecule is Cc1cc2c(cn1)cc(-c1cc(Nc3cc(C4CC(O)C4)[nH]n3)ccc1C)c(=O)n2C. The van der Waals surface area contributed by atoms with Crippen LogP contribution in [-0.4, -0.2) is 31.0 Å². The van der Waals surface area contributed by atoms with Crippen molar-refractivity contribution in [3.63, 3.8) is 0 Å². The van der Waals surface area contributed by atoms with E-state index in [0.29, 0.717) is 11.5 Å². The van der Waals surface area contributed by atoms with Crippen molar-refractivity contribution < 1.29 is 5.11 Å². The summed E-state index contributed by atoms with van der Waals surface area (Å²) in [5.74, 6) is 1.06. The minimum atomic E-state index is -0.201. The summed E-state index contributed by atoms with van der Waals surface area (Å²) >= 11 is 0. The Hall–Kier alpha value is -3.45. The molecular formula is C24H25N5O2. The average Bonchev–Trinajstić information content (AvgIpc) is 3.18. The van der Waals surface area contributed by atoms with Crippen molar-refractivity contribution in [1.29, 1.82) is 0 Å². The van der Waals surface area contributed by atoms with Gasteiger partial charge < -0.3 is 15.0 Å². The first-order chi connectivity index (χ1) is 14.9. The summed E-state index contributed by atoms with van der Waals surface area (Å²) in [6.45, 7) is 3.93. The van der Waals surface area contributed by atoms with Crippen LogP contribution < -0.4 is 10.9 Å². The maximum Gasteiger partial charge on any atom is 0.258 e. The fourth-order valence-corrected chi connectivity index (χ4v) is 4.25. The Morgan fingerprint density at radius 2 is 1.94 bits per heavy atom. The van der Waals surface area contributed by atoms with Gasteiger partial charge in [-0.2, -0.15) is 5.10 Å². The van der Waals surface area contributed by atoms with E-state index in [0.717, 1.165) is 57.8 Å². The molecule has 0 spiro atoms. The van der Waals surface area contributed by atoms with Crippen LogP contribution in [0.3, 0.4) is 0 Å². The minimum Gasteiger partial charge on any atom is -0.393 e. The minimum absolute atomic E-state index is 0.0380. The second kappa shape index (κ2) is 7.35. The zero-order valence-electron chi connectivity index (χ0n) is 17.8. The predicted molar refractivity (Wildman–Crippen MR) is 122 cm³/mol. The third-order valence-corrected chi connectivity index (χ3v) is 6.20. The molecule has 1 aliphatic carbocycles. The number of rotatable bonds is 4. The van der Waals surface area contributed by atoms with Crippen LogP contribution in [0.5, 0.6) is 0 Å². The van der Waals surface area contributed by atoms with Crippen LogP contribution in [0.4, 0.5) is 11.5 Å². The summed E-state index contributed by atoms with van der Waals surface area (Å²) in [5.41, 5.74) is 6.16. The summed E-state index contributed by atoms with van der Waals surface area (Å²) < 4.78 is 1.69. The smallest absolute Gasteiger partial charge is 0.258 e. The second-order valence-electron chi connectivity index (χ2n) is 8.49. The van der Waals surface area contributed by atoms with Crippen LogP contribution in [0.15, 0.2) is 47.4 Å². The summed E-state index contributed by atoms with van der Waals surface area (Å²) in [4.78, 5) is 17.5. The number of aromatic nitrogens is 4. The molecule has 0 atom stereocenters. The molecule has 1 saturated carbocycles. The van der Waals surface area contributed by atoms with E-state index in [1.165, 1.54) is 0 Å². The van der Waals surface area contributed by atoms with Crippen molar-refractivity contribution in [3.05, 3.63) is 69.9 Å². The van der Waals surface area contributed by atoms with E-state index in [1.807, 2.05) is 56.4 Å². The van der Waals surface area contributed by atoms with Crippen molar-refractivity contribution >= 4 is 22.4 Å². The van der Waals surface area contributed by atoms with Crippen molar-refractivity contribution in [3.8, 4) is 11.1 Å². The molecule has 4 aromatic rings. The number of hydrogen-bond acceptors (Lipinski definition) is 5. The number of H-pyrrole nitrogens is 1. The molecule has 1 fully saturated rings. The molecule has 0 bridgehead atoms. The van der Waals surface area contributed by atoms with Gasteiger partial charge in [-0.3, -0.25) is 14.9 Å². The third-order valence-electron chi connectivity index (χ3n) is 6.20. The number of aryl methyl sites for hydroxylation is 3. The molecule has 0 saturated heterocycles. The Morgan fingerprint density at radius 3 is 2.71 bits per heavy atom. The van der Waals surface area contributed by atoms with Gasteiger partial charge in [0.05, 0.1) is 11.6 Å². The number of aromatic amines is 1. The van der Waals surface area contributed by atoms with Crippen molar-refractivity contribution in [1.82, 2.24) is 19.7 Å². The lowest BCUT2D eigenvalue weighted by Crippen LogP contribution is -2.26. The normalized spacial score (nSPS) is 18.2. The van der Waals surface area contributed by atoms with Crippen molar-refractivity contribution in [2.45, 2.75) is 38.7 Å². The van der Waals surface area contributed by atoms with Gasteiger partial charge in [-0.15, -0.1) is 0 Å². The molecule has 1 aliphatic rings. The monoisotopic (exact) mass is 415 g/mol. The van der Waals surface area contributed by atoms with E-state index in [1.54, 1.807) is 11.6 Å². The predicted octanol–water partition coefficient (Wildman–Crippen LogP) is 3.92. The molecule has 0 radical (unpaired) electrons. The van der Waals surface area contributed by atoms with Gasteiger partial charge in [-0.25, -0.2) is 0 Å². The van der Waals surface area contributed by atoms with Crippen LogP contribution in [-0.2, 0) is 7.05 Å². The van der Waals surface area contributed by atoms with E-state index in [-0.39, 0.29) is 11.7 Å². The summed E-state index contributed by atoms with van der Waals surface area (Å²) in [6.07, 6.45) is 3.16. The summed E-state index contributed by atoms with van der Waals surface area (Å²) in [5, 5.41) is 21.2. The molecule has 3 aromatic heterocycles. The summed E-state index contributed by atoms with van der Waals surface area (Å²) in [6, 6.07) is 11.8. The van der Waals surface area contributed by atoms with Crippen LogP contribution in [0.25, 0.3) is 22.0 Å². The highest BCUT2D eigenvalue weighted by Gasteiger charge is 2.29. The number of aliphatic hydroxyl groups is 1. The highest BCUT2D eigenvalue weighted by molar-refractivity contribution is 5.85. The molecule has 158 valence electrons. The van der Waals surface area contributed by atoms with E-state index >= 15 is 0 Å². The van der Waals surface area contributed by atoms with Gasteiger partial charge in [0.2, 0.25) is 0 Å². The maximum atomic E-state index is 13.1. The van der Waals surface area contributed by atoms with E-state index in [9.17, 15) is 9.90 Å². The molecule has 3 N–H and O–H groups in total. The van der Waals surface area contributed by atoms with Gasteiger partial charge in [-0.05, 0) is 62.1 Å².